The van der Waals surface area contributed by atoms with Gasteiger partial charge in [-0.25, -0.2) is 0 Å². The summed E-state index contributed by atoms with van der Waals surface area (Å²) in [6.45, 7) is 9.07. The summed E-state index contributed by atoms with van der Waals surface area (Å²) in [7, 11) is 0. The molecule has 2 fully saturated rings. The van der Waals surface area contributed by atoms with Crippen LogP contribution in [0.1, 0.15) is 31.3 Å². The van der Waals surface area contributed by atoms with Gasteiger partial charge in [0.15, 0.2) is 0 Å². The van der Waals surface area contributed by atoms with Gasteiger partial charge in [0.1, 0.15) is 11.5 Å². The molecule has 1 aromatic heterocycles. The lowest BCUT2D eigenvalue weighted by molar-refractivity contribution is 0.0492. The highest BCUT2D eigenvalue weighted by atomic mass is 16.3. The summed E-state index contributed by atoms with van der Waals surface area (Å²) in [5, 5.41) is 0. The first-order valence-electron chi connectivity index (χ1n) is 6.76. The van der Waals surface area contributed by atoms with Gasteiger partial charge in [0.05, 0.1) is 6.54 Å². The van der Waals surface area contributed by atoms with Crippen LogP contribution in [0, 0.1) is 6.92 Å². The number of nitrogens with zero attached hydrogens (tertiary/aromatic N) is 2. The molecule has 3 rings (SSSR count). The lowest BCUT2D eigenvalue weighted by atomic mass is 10.1. The van der Waals surface area contributed by atoms with Crippen LogP contribution in [0.15, 0.2) is 16.5 Å². The van der Waals surface area contributed by atoms with Gasteiger partial charge in [0.25, 0.3) is 0 Å². The Morgan fingerprint density at radius 1 is 1.35 bits per heavy atom. The normalized spacial score (nSPS) is 30.7. The Bertz CT molecular complexity index is 387. The van der Waals surface area contributed by atoms with Gasteiger partial charge in [-0.3, -0.25) is 9.80 Å². The molecule has 3 heteroatoms. The fraction of sp³-hybridized carbons (Fsp3) is 0.714. The highest BCUT2D eigenvalue weighted by Crippen LogP contribution is 2.25. The van der Waals surface area contributed by atoms with E-state index in [2.05, 4.69) is 28.9 Å². The van der Waals surface area contributed by atoms with Gasteiger partial charge in [0, 0.05) is 25.2 Å². The van der Waals surface area contributed by atoms with Gasteiger partial charge in [-0.05, 0) is 45.4 Å². The highest BCUT2D eigenvalue weighted by molar-refractivity contribution is 5.06. The maximum atomic E-state index is 5.69. The smallest absolute Gasteiger partial charge is 0.118 e. The zero-order valence-corrected chi connectivity index (χ0v) is 10.9. The Kier molecular flexibility index (Phi) is 2.97. The van der Waals surface area contributed by atoms with Crippen molar-refractivity contribution in [1.29, 1.82) is 0 Å². The molecule has 0 amide bonds. The predicted octanol–water partition coefficient (Wildman–Crippen LogP) is 2.26. The summed E-state index contributed by atoms with van der Waals surface area (Å²) >= 11 is 0. The average molecular weight is 234 g/mol. The molecule has 2 aliphatic rings. The monoisotopic (exact) mass is 234 g/mol. The van der Waals surface area contributed by atoms with Crippen LogP contribution in [0.3, 0.4) is 0 Å². The summed E-state index contributed by atoms with van der Waals surface area (Å²) < 4.78 is 5.69. The molecule has 0 unspecified atom stereocenters. The van der Waals surface area contributed by atoms with Crippen LogP contribution in [0.4, 0.5) is 0 Å². The number of aryl methyl sites for hydroxylation is 1. The summed E-state index contributed by atoms with van der Waals surface area (Å²) in [5.74, 6) is 2.13. The first-order valence-corrected chi connectivity index (χ1v) is 6.76. The second-order valence-corrected chi connectivity index (χ2v) is 5.58. The quantitative estimate of drug-likeness (QED) is 0.782. The van der Waals surface area contributed by atoms with Crippen molar-refractivity contribution in [3.63, 3.8) is 0 Å². The van der Waals surface area contributed by atoms with E-state index in [1.54, 1.807) is 0 Å². The molecule has 2 saturated heterocycles. The van der Waals surface area contributed by atoms with Crippen LogP contribution in [0.5, 0.6) is 0 Å². The Morgan fingerprint density at radius 2 is 2.24 bits per heavy atom. The fourth-order valence-electron chi connectivity index (χ4n) is 3.24. The zero-order valence-electron chi connectivity index (χ0n) is 10.9. The summed E-state index contributed by atoms with van der Waals surface area (Å²) in [6.07, 6.45) is 2.76. The van der Waals surface area contributed by atoms with Gasteiger partial charge in [0.2, 0.25) is 0 Å². The number of piperazine rings is 1. The van der Waals surface area contributed by atoms with Crippen molar-refractivity contribution < 1.29 is 4.42 Å². The Morgan fingerprint density at radius 3 is 3.00 bits per heavy atom. The molecule has 2 atom stereocenters. The average Bonchev–Trinajstić information content (AvgIpc) is 2.88. The number of hydrogen-bond donors (Lipinski definition) is 0. The topological polar surface area (TPSA) is 19.6 Å². The number of hydrogen-bond acceptors (Lipinski definition) is 3. The molecule has 17 heavy (non-hydrogen) atoms. The van der Waals surface area contributed by atoms with Crippen molar-refractivity contribution in [2.75, 3.05) is 19.6 Å². The minimum Gasteiger partial charge on any atom is -0.465 e. The van der Waals surface area contributed by atoms with Gasteiger partial charge in [-0.2, -0.15) is 0 Å². The maximum Gasteiger partial charge on any atom is 0.118 e. The van der Waals surface area contributed by atoms with Crippen molar-refractivity contribution >= 4 is 0 Å². The Balaban J connectivity index is 1.66. The molecule has 3 nitrogen and oxygen atoms in total. The molecule has 0 N–H and O–H groups in total. The largest absolute Gasteiger partial charge is 0.465 e. The molecule has 0 aromatic carbocycles. The number of rotatable bonds is 2. The van der Waals surface area contributed by atoms with E-state index in [0.717, 1.165) is 24.1 Å². The third-order valence-corrected chi connectivity index (χ3v) is 4.22. The van der Waals surface area contributed by atoms with Crippen LogP contribution in [-0.4, -0.2) is 41.5 Å². The maximum absolute atomic E-state index is 5.69. The van der Waals surface area contributed by atoms with E-state index in [4.69, 9.17) is 4.42 Å². The van der Waals surface area contributed by atoms with Crippen LogP contribution in [0.2, 0.25) is 0 Å². The van der Waals surface area contributed by atoms with E-state index in [-0.39, 0.29) is 0 Å². The van der Waals surface area contributed by atoms with Crippen molar-refractivity contribution in [2.45, 2.75) is 45.3 Å². The molecule has 3 heterocycles. The molecule has 0 spiro atoms. The van der Waals surface area contributed by atoms with Crippen molar-refractivity contribution in [2.24, 2.45) is 0 Å². The fourth-order valence-corrected chi connectivity index (χ4v) is 3.24. The minimum absolute atomic E-state index is 0.648. The van der Waals surface area contributed by atoms with Gasteiger partial charge >= 0.3 is 0 Å². The van der Waals surface area contributed by atoms with E-state index in [9.17, 15) is 0 Å². The molecular weight excluding hydrogens is 212 g/mol. The third-order valence-electron chi connectivity index (χ3n) is 4.22. The van der Waals surface area contributed by atoms with E-state index < -0.39 is 0 Å². The van der Waals surface area contributed by atoms with Gasteiger partial charge in [-0.15, -0.1) is 0 Å². The van der Waals surface area contributed by atoms with Crippen LogP contribution < -0.4 is 0 Å². The van der Waals surface area contributed by atoms with Crippen LogP contribution >= 0.6 is 0 Å². The number of furan rings is 1. The summed E-state index contributed by atoms with van der Waals surface area (Å²) in [6, 6.07) is 5.62. The van der Waals surface area contributed by atoms with E-state index in [0.29, 0.717) is 6.04 Å². The highest BCUT2D eigenvalue weighted by Gasteiger charge is 2.34. The van der Waals surface area contributed by atoms with E-state index in [1.807, 2.05) is 6.92 Å². The van der Waals surface area contributed by atoms with Crippen molar-refractivity contribution in [3.05, 3.63) is 23.7 Å². The molecule has 0 radical (unpaired) electrons. The zero-order chi connectivity index (χ0) is 11.8. The summed E-state index contributed by atoms with van der Waals surface area (Å²) in [4.78, 5) is 5.24. The third kappa shape index (κ3) is 2.26. The molecule has 0 aliphatic carbocycles. The van der Waals surface area contributed by atoms with Crippen LogP contribution in [-0.2, 0) is 6.54 Å². The standard InChI is InChI=1S/C14H22N2O/c1-11-8-15-7-3-4-13(15)9-16(11)10-14-6-5-12(2)17-14/h5-6,11,13H,3-4,7-10H2,1-2H3/t11-,13-/m1/s1. The second kappa shape index (κ2) is 4.46. The van der Waals surface area contributed by atoms with E-state index >= 15 is 0 Å². The predicted molar refractivity (Wildman–Crippen MR) is 67.9 cm³/mol. The summed E-state index contributed by atoms with van der Waals surface area (Å²) in [5.41, 5.74) is 0. The molecule has 2 aliphatic heterocycles. The molecule has 0 saturated carbocycles. The van der Waals surface area contributed by atoms with Gasteiger partial charge < -0.3 is 4.42 Å². The SMILES string of the molecule is Cc1ccc(CN2C[C@H]3CCCN3C[C@H]2C)o1. The minimum atomic E-state index is 0.648. The second-order valence-electron chi connectivity index (χ2n) is 5.58. The molecular formula is C14H22N2O. The Labute approximate surface area is 103 Å². The van der Waals surface area contributed by atoms with Gasteiger partial charge in [-0.1, -0.05) is 0 Å². The molecule has 1 aromatic rings. The molecule has 0 bridgehead atoms. The first kappa shape index (κ1) is 11.3. The molecule has 94 valence electrons. The van der Waals surface area contributed by atoms with Crippen molar-refractivity contribution in [3.8, 4) is 0 Å². The lowest BCUT2D eigenvalue weighted by Gasteiger charge is -2.41. The number of fused-ring (bicyclic) bond motifs is 1. The van der Waals surface area contributed by atoms with E-state index in [1.165, 1.54) is 32.5 Å². The first-order chi connectivity index (χ1) is 8.22. The van der Waals surface area contributed by atoms with Crippen LogP contribution in [0.25, 0.3) is 0 Å². The lowest BCUT2D eigenvalue weighted by Crippen LogP contribution is -2.54. The van der Waals surface area contributed by atoms with Crippen molar-refractivity contribution in [1.82, 2.24) is 9.80 Å². The Hall–Kier alpha value is -0.800.